The summed E-state index contributed by atoms with van der Waals surface area (Å²) in [6.45, 7) is 3.07. The molecule has 106 valence electrons. The predicted molar refractivity (Wildman–Crippen MR) is 84.0 cm³/mol. The number of hydrogen-bond donors (Lipinski definition) is 1. The summed E-state index contributed by atoms with van der Waals surface area (Å²) < 4.78 is 0. The van der Waals surface area contributed by atoms with Crippen LogP contribution in [-0.4, -0.2) is 29.6 Å². The minimum Gasteiger partial charge on any atom is -0.385 e. The molecular formula is C17H21NOS. The summed E-state index contributed by atoms with van der Waals surface area (Å²) >= 11 is 1.83. The second-order valence-corrected chi connectivity index (χ2v) is 6.60. The van der Waals surface area contributed by atoms with E-state index in [2.05, 4.69) is 22.4 Å². The van der Waals surface area contributed by atoms with E-state index in [1.165, 1.54) is 4.88 Å². The van der Waals surface area contributed by atoms with Crippen LogP contribution in [0.25, 0.3) is 0 Å². The van der Waals surface area contributed by atoms with Crippen LogP contribution >= 0.6 is 11.3 Å². The highest BCUT2D eigenvalue weighted by Crippen LogP contribution is 2.32. The lowest BCUT2D eigenvalue weighted by Crippen LogP contribution is -2.43. The molecule has 1 aromatic heterocycles. The first-order chi connectivity index (χ1) is 9.76. The second-order valence-electron chi connectivity index (χ2n) is 5.57. The number of aliphatic hydroxyl groups is 1. The van der Waals surface area contributed by atoms with E-state index in [9.17, 15) is 5.11 Å². The van der Waals surface area contributed by atoms with E-state index in [1.54, 1.807) is 0 Å². The van der Waals surface area contributed by atoms with Crippen molar-refractivity contribution in [2.24, 2.45) is 0 Å². The van der Waals surface area contributed by atoms with Crippen LogP contribution in [0.3, 0.4) is 0 Å². The summed E-state index contributed by atoms with van der Waals surface area (Å²) in [5.74, 6) is 0. The first-order valence-electron chi connectivity index (χ1n) is 7.29. The van der Waals surface area contributed by atoms with Crippen LogP contribution in [0.2, 0.25) is 0 Å². The third-order valence-electron chi connectivity index (χ3n) is 4.25. The maximum absolute atomic E-state index is 10.8. The molecule has 0 aliphatic carbocycles. The Bertz CT molecular complexity index is 515. The molecule has 1 fully saturated rings. The molecule has 3 rings (SSSR count). The van der Waals surface area contributed by atoms with Gasteiger partial charge < -0.3 is 10.0 Å². The van der Waals surface area contributed by atoms with Gasteiger partial charge in [-0.1, -0.05) is 36.4 Å². The summed E-state index contributed by atoms with van der Waals surface area (Å²) in [6, 6.07) is 14.4. The largest absolute Gasteiger partial charge is 0.385 e. The van der Waals surface area contributed by atoms with Crippen LogP contribution in [0.4, 0.5) is 0 Å². The maximum Gasteiger partial charge on any atom is 0.0920 e. The molecular weight excluding hydrogens is 266 g/mol. The molecule has 1 aromatic carbocycles. The number of piperidine rings is 1. The van der Waals surface area contributed by atoms with Crippen molar-refractivity contribution in [1.82, 2.24) is 4.90 Å². The van der Waals surface area contributed by atoms with E-state index in [4.69, 9.17) is 0 Å². The molecule has 0 bridgehead atoms. The molecule has 1 aliphatic heterocycles. The van der Waals surface area contributed by atoms with Crippen LogP contribution in [-0.2, 0) is 12.0 Å². The maximum atomic E-state index is 10.8. The van der Waals surface area contributed by atoms with Crippen molar-refractivity contribution in [1.29, 1.82) is 0 Å². The Morgan fingerprint density at radius 3 is 2.45 bits per heavy atom. The number of thiophene rings is 1. The standard InChI is InChI=1S/C17H21NOS/c19-17(15-5-2-1-3-6-15)9-12-18(13-10-17)11-8-16-7-4-14-20-16/h1-7,14,19H,8-13H2. The highest BCUT2D eigenvalue weighted by molar-refractivity contribution is 7.09. The lowest BCUT2D eigenvalue weighted by molar-refractivity contribution is -0.0255. The Kier molecular flexibility index (Phi) is 4.20. The van der Waals surface area contributed by atoms with Gasteiger partial charge in [0.2, 0.25) is 0 Å². The zero-order chi connectivity index (χ0) is 13.8. The lowest BCUT2D eigenvalue weighted by atomic mass is 9.84. The average Bonchev–Trinajstić information content (AvgIpc) is 3.01. The Balaban J connectivity index is 1.54. The van der Waals surface area contributed by atoms with Crippen LogP contribution in [0.1, 0.15) is 23.3 Å². The van der Waals surface area contributed by atoms with Crippen molar-refractivity contribution >= 4 is 11.3 Å². The molecule has 1 saturated heterocycles. The van der Waals surface area contributed by atoms with E-state index in [0.717, 1.165) is 44.5 Å². The molecule has 0 saturated carbocycles. The van der Waals surface area contributed by atoms with Gasteiger partial charge in [-0.15, -0.1) is 11.3 Å². The van der Waals surface area contributed by atoms with E-state index in [1.807, 2.05) is 41.7 Å². The SMILES string of the molecule is OC1(c2ccccc2)CCN(CCc2cccs2)CC1. The summed E-state index contributed by atoms with van der Waals surface area (Å²) in [4.78, 5) is 3.92. The van der Waals surface area contributed by atoms with E-state index >= 15 is 0 Å². The summed E-state index contributed by atoms with van der Waals surface area (Å²) in [5.41, 5.74) is 0.443. The number of nitrogens with zero attached hydrogens (tertiary/aromatic N) is 1. The monoisotopic (exact) mass is 287 g/mol. The molecule has 0 atom stereocenters. The third-order valence-corrected chi connectivity index (χ3v) is 5.19. The van der Waals surface area contributed by atoms with E-state index in [0.29, 0.717) is 0 Å². The molecule has 0 unspecified atom stereocenters. The van der Waals surface area contributed by atoms with Gasteiger partial charge >= 0.3 is 0 Å². The predicted octanol–water partition coefficient (Wildman–Crippen LogP) is 3.27. The number of likely N-dealkylation sites (tertiary alicyclic amines) is 1. The first-order valence-corrected chi connectivity index (χ1v) is 8.17. The van der Waals surface area contributed by atoms with Crippen molar-refractivity contribution in [3.8, 4) is 0 Å². The Hall–Kier alpha value is -1.16. The average molecular weight is 287 g/mol. The quantitative estimate of drug-likeness (QED) is 0.933. The molecule has 0 spiro atoms. The smallest absolute Gasteiger partial charge is 0.0920 e. The van der Waals surface area contributed by atoms with Gasteiger partial charge in [-0.2, -0.15) is 0 Å². The first kappa shape index (κ1) is 13.8. The van der Waals surface area contributed by atoms with Gasteiger partial charge in [-0.05, 0) is 36.3 Å². The molecule has 2 aromatic rings. The zero-order valence-corrected chi connectivity index (χ0v) is 12.5. The number of rotatable bonds is 4. The minimum absolute atomic E-state index is 0.624. The molecule has 2 heterocycles. The Morgan fingerprint density at radius 2 is 1.80 bits per heavy atom. The molecule has 0 amide bonds. The Labute approximate surface area is 124 Å². The molecule has 2 nitrogen and oxygen atoms in total. The summed E-state index contributed by atoms with van der Waals surface area (Å²) in [5, 5.41) is 12.9. The highest BCUT2D eigenvalue weighted by Gasteiger charge is 2.33. The highest BCUT2D eigenvalue weighted by atomic mass is 32.1. The van der Waals surface area contributed by atoms with Gasteiger partial charge in [0, 0.05) is 24.5 Å². The van der Waals surface area contributed by atoms with Crippen LogP contribution in [0.5, 0.6) is 0 Å². The molecule has 1 N–H and O–H groups in total. The fourth-order valence-corrected chi connectivity index (χ4v) is 3.60. The summed E-state index contributed by atoms with van der Waals surface area (Å²) in [7, 11) is 0. The van der Waals surface area contributed by atoms with E-state index in [-0.39, 0.29) is 0 Å². The summed E-state index contributed by atoms with van der Waals surface area (Å²) in [6.07, 6.45) is 2.80. The zero-order valence-electron chi connectivity index (χ0n) is 11.7. The second kappa shape index (κ2) is 6.08. The van der Waals surface area contributed by atoms with Gasteiger partial charge in [0.15, 0.2) is 0 Å². The molecule has 3 heteroatoms. The number of benzene rings is 1. The fraction of sp³-hybridized carbons (Fsp3) is 0.412. The minimum atomic E-state index is -0.624. The molecule has 1 aliphatic rings. The lowest BCUT2D eigenvalue weighted by Gasteiger charge is -2.38. The van der Waals surface area contributed by atoms with Gasteiger partial charge in [-0.25, -0.2) is 0 Å². The van der Waals surface area contributed by atoms with Gasteiger partial charge in [0.1, 0.15) is 0 Å². The Morgan fingerprint density at radius 1 is 1.05 bits per heavy atom. The van der Waals surface area contributed by atoms with Crippen LogP contribution < -0.4 is 0 Å². The van der Waals surface area contributed by atoms with Crippen LogP contribution in [0.15, 0.2) is 47.8 Å². The van der Waals surface area contributed by atoms with Crippen molar-refractivity contribution < 1.29 is 5.11 Å². The topological polar surface area (TPSA) is 23.5 Å². The normalized spacial score (nSPS) is 19.1. The van der Waals surface area contributed by atoms with Crippen molar-refractivity contribution in [3.63, 3.8) is 0 Å². The van der Waals surface area contributed by atoms with Gasteiger partial charge in [0.25, 0.3) is 0 Å². The van der Waals surface area contributed by atoms with Gasteiger partial charge in [0.05, 0.1) is 5.60 Å². The third kappa shape index (κ3) is 3.11. The van der Waals surface area contributed by atoms with Crippen molar-refractivity contribution in [2.45, 2.75) is 24.9 Å². The van der Waals surface area contributed by atoms with Crippen LogP contribution in [0, 0.1) is 0 Å². The fourth-order valence-electron chi connectivity index (χ4n) is 2.91. The van der Waals surface area contributed by atoms with E-state index < -0.39 is 5.60 Å². The molecule has 0 radical (unpaired) electrons. The van der Waals surface area contributed by atoms with Crippen molar-refractivity contribution in [2.75, 3.05) is 19.6 Å². The van der Waals surface area contributed by atoms with Crippen molar-refractivity contribution in [3.05, 3.63) is 58.3 Å². The molecule has 20 heavy (non-hydrogen) atoms. The van der Waals surface area contributed by atoms with Gasteiger partial charge in [-0.3, -0.25) is 0 Å². The number of hydrogen-bond acceptors (Lipinski definition) is 3.